The van der Waals surface area contributed by atoms with Crippen LogP contribution < -0.4 is 5.32 Å². The Morgan fingerprint density at radius 3 is 2.44 bits per heavy atom. The Morgan fingerprint density at radius 1 is 1.19 bits per heavy atom. The molecule has 2 atom stereocenters. The number of aromatic nitrogens is 4. The average molecular weight is 401 g/mol. The molecule has 2 aromatic carbocycles. The van der Waals surface area contributed by atoms with E-state index in [1.807, 2.05) is 12.1 Å². The second kappa shape index (κ2) is 7.71. The lowest BCUT2D eigenvalue weighted by Crippen LogP contribution is -2.04. The Kier molecular flexibility index (Phi) is 5.54. The van der Waals surface area contributed by atoms with E-state index in [-0.39, 0.29) is 4.90 Å². The summed E-state index contributed by atoms with van der Waals surface area (Å²) in [5.41, 5.74) is 3.94. The van der Waals surface area contributed by atoms with Crippen molar-refractivity contribution in [3.63, 3.8) is 0 Å². The second-order valence-electron chi connectivity index (χ2n) is 6.34. The van der Waals surface area contributed by atoms with Crippen LogP contribution in [0.15, 0.2) is 42.5 Å². The molecule has 0 bridgehead atoms. The minimum atomic E-state index is -0.420. The van der Waals surface area contributed by atoms with Crippen molar-refractivity contribution in [2.24, 2.45) is 7.05 Å². The number of ether oxygens (including phenoxy) is 1. The number of tetrazole rings is 1. The zero-order valence-corrected chi connectivity index (χ0v) is 17.6. The molecule has 9 heteroatoms. The van der Waals surface area contributed by atoms with Crippen LogP contribution in [0.4, 0.5) is 11.4 Å². The SMILES string of the molecule is COC(=O)c1ccc(Nc2ccc(C(C)(P)P)cc2)c(-c2nnn(C)n2)c1. The maximum absolute atomic E-state index is 11.9. The monoisotopic (exact) mass is 401 g/mol. The second-order valence-corrected chi connectivity index (χ2v) is 9.40. The Bertz CT molecular complexity index is 965. The first kappa shape index (κ1) is 19.4. The van der Waals surface area contributed by atoms with Gasteiger partial charge in [-0.25, -0.2) is 4.79 Å². The number of hydrogen-bond acceptors (Lipinski definition) is 6. The van der Waals surface area contributed by atoms with Crippen LogP contribution in [0.5, 0.6) is 0 Å². The van der Waals surface area contributed by atoms with Crippen LogP contribution >= 0.6 is 18.5 Å². The first-order chi connectivity index (χ1) is 12.8. The number of nitrogens with one attached hydrogen (secondary N) is 1. The van der Waals surface area contributed by atoms with Gasteiger partial charge >= 0.3 is 5.97 Å². The smallest absolute Gasteiger partial charge is 0.337 e. The summed E-state index contributed by atoms with van der Waals surface area (Å²) in [4.78, 5) is 13.2. The van der Waals surface area contributed by atoms with Gasteiger partial charge in [0.2, 0.25) is 5.82 Å². The van der Waals surface area contributed by atoms with E-state index in [2.05, 4.69) is 58.3 Å². The Morgan fingerprint density at radius 2 is 1.89 bits per heavy atom. The van der Waals surface area contributed by atoms with Crippen molar-refractivity contribution < 1.29 is 9.53 Å². The molecule has 140 valence electrons. The van der Waals surface area contributed by atoms with Gasteiger partial charge in [0.1, 0.15) is 0 Å². The lowest BCUT2D eigenvalue weighted by atomic mass is 10.1. The molecule has 0 aliphatic rings. The molecule has 1 aromatic heterocycles. The number of hydrogen-bond donors (Lipinski definition) is 1. The maximum atomic E-state index is 11.9. The van der Waals surface area contributed by atoms with E-state index < -0.39 is 5.97 Å². The summed E-state index contributed by atoms with van der Waals surface area (Å²) in [6.45, 7) is 2.11. The lowest BCUT2D eigenvalue weighted by Gasteiger charge is -2.19. The van der Waals surface area contributed by atoms with Crippen molar-refractivity contribution >= 4 is 35.8 Å². The Balaban J connectivity index is 1.98. The standard InChI is InChI=1S/C18H21N5O2P2/c1-18(26,27)12-5-7-13(8-6-12)19-15-9-4-11(17(24)25-3)10-14(15)16-20-22-23(2)21-16/h4-10,19H,26-27H2,1-3H3. The fraction of sp³-hybridized carbons (Fsp3) is 0.222. The highest BCUT2D eigenvalue weighted by Gasteiger charge is 2.16. The van der Waals surface area contributed by atoms with E-state index in [0.717, 1.165) is 11.4 Å². The molecule has 7 nitrogen and oxygen atoms in total. The molecule has 3 aromatic rings. The fourth-order valence-electron chi connectivity index (χ4n) is 2.54. The number of anilines is 2. The Labute approximate surface area is 162 Å². The van der Waals surface area contributed by atoms with Crippen LogP contribution in [-0.2, 0) is 16.7 Å². The predicted octanol–water partition coefficient (Wildman–Crippen LogP) is 3.33. The molecule has 0 aliphatic carbocycles. The number of carbonyl (C=O) groups excluding carboxylic acids is 1. The quantitative estimate of drug-likeness (QED) is 0.522. The number of carbonyl (C=O) groups is 1. The summed E-state index contributed by atoms with van der Waals surface area (Å²) in [7, 11) is 8.64. The number of rotatable bonds is 5. The average Bonchev–Trinajstić information content (AvgIpc) is 3.07. The normalized spacial score (nSPS) is 11.3. The third-order valence-electron chi connectivity index (χ3n) is 3.98. The third-order valence-corrected chi connectivity index (χ3v) is 4.64. The van der Waals surface area contributed by atoms with Crippen LogP contribution in [0.3, 0.4) is 0 Å². The van der Waals surface area contributed by atoms with Crippen molar-refractivity contribution in [2.45, 2.75) is 11.8 Å². The van der Waals surface area contributed by atoms with E-state index in [9.17, 15) is 4.79 Å². The fourth-order valence-corrected chi connectivity index (χ4v) is 2.93. The van der Waals surface area contributed by atoms with E-state index in [4.69, 9.17) is 4.74 Å². The predicted molar refractivity (Wildman–Crippen MR) is 112 cm³/mol. The van der Waals surface area contributed by atoms with Gasteiger partial charge in [-0.1, -0.05) is 12.1 Å². The summed E-state index contributed by atoms with van der Waals surface area (Å²) in [5, 5.41) is 15.6. The van der Waals surface area contributed by atoms with Crippen molar-refractivity contribution in [1.82, 2.24) is 20.2 Å². The topological polar surface area (TPSA) is 81.9 Å². The molecule has 0 saturated heterocycles. The highest BCUT2D eigenvalue weighted by molar-refractivity contribution is 7.38. The van der Waals surface area contributed by atoms with Crippen LogP contribution in [0.2, 0.25) is 0 Å². The van der Waals surface area contributed by atoms with Crippen LogP contribution in [0.25, 0.3) is 11.4 Å². The van der Waals surface area contributed by atoms with Gasteiger partial charge in [-0.15, -0.1) is 28.7 Å². The minimum absolute atomic E-state index is 0.0740. The molecule has 2 unspecified atom stereocenters. The summed E-state index contributed by atoms with van der Waals surface area (Å²) < 4.78 is 4.81. The van der Waals surface area contributed by atoms with E-state index in [1.54, 1.807) is 25.2 Å². The van der Waals surface area contributed by atoms with Gasteiger partial charge in [-0.05, 0) is 48.0 Å². The number of benzene rings is 2. The van der Waals surface area contributed by atoms with Gasteiger partial charge in [-0.2, -0.15) is 4.80 Å². The molecule has 3 rings (SSSR count). The van der Waals surface area contributed by atoms with Crippen molar-refractivity contribution in [1.29, 1.82) is 0 Å². The highest BCUT2D eigenvalue weighted by Crippen LogP contribution is 2.38. The summed E-state index contributed by atoms with van der Waals surface area (Å²) >= 11 is 0. The zero-order chi connectivity index (χ0) is 19.6. The van der Waals surface area contributed by atoms with E-state index in [1.165, 1.54) is 17.5 Å². The summed E-state index contributed by atoms with van der Waals surface area (Å²) in [5.74, 6) is 0.00100. The van der Waals surface area contributed by atoms with Crippen LogP contribution in [0, 0.1) is 0 Å². The highest BCUT2D eigenvalue weighted by atomic mass is 31.1. The number of aryl methyl sites for hydroxylation is 1. The number of nitrogens with zero attached hydrogens (tertiary/aromatic N) is 4. The first-order valence-electron chi connectivity index (χ1n) is 8.20. The largest absolute Gasteiger partial charge is 0.465 e. The summed E-state index contributed by atoms with van der Waals surface area (Å²) in [6, 6.07) is 13.3. The molecule has 1 N–H and O–H groups in total. The van der Waals surface area contributed by atoms with E-state index >= 15 is 0 Å². The van der Waals surface area contributed by atoms with Crippen molar-refractivity contribution in [2.75, 3.05) is 12.4 Å². The van der Waals surface area contributed by atoms with Gasteiger partial charge in [0.25, 0.3) is 0 Å². The first-order valence-corrected chi connectivity index (χ1v) is 9.35. The summed E-state index contributed by atoms with van der Waals surface area (Å²) in [6.07, 6.45) is 0. The molecule has 0 spiro atoms. The number of methoxy groups -OCH3 is 1. The van der Waals surface area contributed by atoms with E-state index in [0.29, 0.717) is 17.0 Å². The van der Waals surface area contributed by atoms with Gasteiger partial charge in [0.05, 0.1) is 19.7 Å². The molecule has 27 heavy (non-hydrogen) atoms. The lowest BCUT2D eigenvalue weighted by molar-refractivity contribution is 0.0601. The molecule has 0 radical (unpaired) electrons. The molecular weight excluding hydrogens is 380 g/mol. The van der Waals surface area contributed by atoms with Crippen LogP contribution in [0.1, 0.15) is 22.8 Å². The van der Waals surface area contributed by atoms with Gasteiger partial charge < -0.3 is 10.1 Å². The van der Waals surface area contributed by atoms with Crippen molar-refractivity contribution in [3.05, 3.63) is 53.6 Å². The Hall–Kier alpha value is -2.36. The van der Waals surface area contributed by atoms with Crippen LogP contribution in [-0.4, -0.2) is 33.3 Å². The molecule has 1 heterocycles. The van der Waals surface area contributed by atoms with Gasteiger partial charge in [0, 0.05) is 21.8 Å². The third kappa shape index (κ3) is 4.49. The van der Waals surface area contributed by atoms with Crippen molar-refractivity contribution in [3.8, 4) is 11.4 Å². The molecule has 0 saturated carbocycles. The molecule has 0 amide bonds. The zero-order valence-electron chi connectivity index (χ0n) is 15.3. The maximum Gasteiger partial charge on any atom is 0.337 e. The minimum Gasteiger partial charge on any atom is -0.465 e. The molecule has 0 aliphatic heterocycles. The molecule has 0 fully saturated rings. The van der Waals surface area contributed by atoms with Gasteiger partial charge in [-0.3, -0.25) is 0 Å². The molecular formula is C18H21N5O2P2. The van der Waals surface area contributed by atoms with Gasteiger partial charge in [0.15, 0.2) is 0 Å². The number of esters is 1.